The Hall–Kier alpha value is -1.42. The standard InChI is InChI=1S/C22H35N3O/c1-4-21-6-5-20(15-23-21)19-7-11-24(12-8-19)16-22(26)25-13-9-18(10-14-25)17(2)3/h5-6,15,17-19H,4,7-14,16H2,1-3H3. The van der Waals surface area contributed by atoms with Gasteiger partial charge in [0.15, 0.2) is 0 Å². The van der Waals surface area contributed by atoms with Gasteiger partial charge >= 0.3 is 0 Å². The molecule has 4 heteroatoms. The molecule has 3 rings (SSSR count). The zero-order chi connectivity index (χ0) is 18.5. The number of nitrogens with zero attached hydrogens (tertiary/aromatic N) is 3. The van der Waals surface area contributed by atoms with E-state index in [4.69, 9.17) is 0 Å². The Bertz CT molecular complexity index is 568. The quantitative estimate of drug-likeness (QED) is 0.806. The number of pyridine rings is 1. The van der Waals surface area contributed by atoms with E-state index in [2.05, 4.69) is 53.9 Å². The van der Waals surface area contributed by atoms with Crippen molar-refractivity contribution in [2.45, 2.75) is 58.8 Å². The van der Waals surface area contributed by atoms with Gasteiger partial charge in [0.25, 0.3) is 0 Å². The summed E-state index contributed by atoms with van der Waals surface area (Å²) in [5, 5.41) is 0. The molecule has 2 saturated heterocycles. The van der Waals surface area contributed by atoms with Crippen molar-refractivity contribution in [3.05, 3.63) is 29.6 Å². The monoisotopic (exact) mass is 357 g/mol. The third-order valence-corrected chi connectivity index (χ3v) is 6.46. The average Bonchev–Trinajstić information content (AvgIpc) is 2.68. The van der Waals surface area contributed by atoms with Crippen molar-refractivity contribution in [2.24, 2.45) is 11.8 Å². The maximum atomic E-state index is 12.6. The summed E-state index contributed by atoms with van der Waals surface area (Å²) in [6.07, 6.45) is 7.67. The lowest BCUT2D eigenvalue weighted by Gasteiger charge is -2.36. The Balaban J connectivity index is 1.43. The summed E-state index contributed by atoms with van der Waals surface area (Å²) in [4.78, 5) is 21.6. The first-order valence-electron chi connectivity index (χ1n) is 10.5. The molecular formula is C22H35N3O. The first-order valence-corrected chi connectivity index (χ1v) is 10.5. The van der Waals surface area contributed by atoms with Crippen molar-refractivity contribution in [2.75, 3.05) is 32.7 Å². The Morgan fingerprint density at radius 1 is 1.12 bits per heavy atom. The van der Waals surface area contributed by atoms with E-state index in [-0.39, 0.29) is 0 Å². The molecule has 0 bridgehead atoms. The molecule has 3 heterocycles. The largest absolute Gasteiger partial charge is 0.342 e. The van der Waals surface area contributed by atoms with Gasteiger partial charge in [0.1, 0.15) is 0 Å². The number of carbonyl (C=O) groups is 1. The van der Waals surface area contributed by atoms with E-state index >= 15 is 0 Å². The van der Waals surface area contributed by atoms with Crippen molar-refractivity contribution in [3.63, 3.8) is 0 Å². The molecule has 2 aliphatic heterocycles. The Morgan fingerprint density at radius 2 is 1.81 bits per heavy atom. The molecule has 0 saturated carbocycles. The minimum absolute atomic E-state index is 0.333. The van der Waals surface area contributed by atoms with Gasteiger partial charge in [-0.1, -0.05) is 26.8 Å². The summed E-state index contributed by atoms with van der Waals surface area (Å²) in [5.74, 6) is 2.47. The highest BCUT2D eigenvalue weighted by atomic mass is 16.2. The Labute approximate surface area is 159 Å². The molecule has 26 heavy (non-hydrogen) atoms. The lowest BCUT2D eigenvalue weighted by Crippen LogP contribution is -2.46. The lowest BCUT2D eigenvalue weighted by molar-refractivity contribution is -0.134. The summed E-state index contributed by atoms with van der Waals surface area (Å²) >= 11 is 0. The van der Waals surface area contributed by atoms with E-state index in [1.165, 1.54) is 18.4 Å². The molecule has 144 valence electrons. The van der Waals surface area contributed by atoms with Crippen LogP contribution in [0.2, 0.25) is 0 Å². The topological polar surface area (TPSA) is 36.4 Å². The van der Waals surface area contributed by atoms with Crippen LogP contribution in [0.4, 0.5) is 0 Å². The smallest absolute Gasteiger partial charge is 0.236 e. The second-order valence-electron chi connectivity index (χ2n) is 8.45. The van der Waals surface area contributed by atoms with Crippen LogP contribution in [0.1, 0.15) is 63.6 Å². The molecule has 4 nitrogen and oxygen atoms in total. The van der Waals surface area contributed by atoms with E-state index < -0.39 is 0 Å². The fraction of sp³-hybridized carbons (Fsp3) is 0.727. The average molecular weight is 358 g/mol. The molecule has 0 unspecified atom stereocenters. The summed E-state index contributed by atoms with van der Waals surface area (Å²) in [6.45, 7) is 11.3. The molecule has 0 spiro atoms. The van der Waals surface area contributed by atoms with Gasteiger partial charge in [-0.25, -0.2) is 0 Å². The van der Waals surface area contributed by atoms with Gasteiger partial charge in [-0.05, 0) is 74.6 Å². The predicted molar refractivity (Wildman–Crippen MR) is 106 cm³/mol. The first-order chi connectivity index (χ1) is 12.6. The maximum Gasteiger partial charge on any atom is 0.236 e. The molecule has 2 aliphatic rings. The first kappa shape index (κ1) is 19.3. The Morgan fingerprint density at radius 3 is 2.35 bits per heavy atom. The van der Waals surface area contributed by atoms with Gasteiger partial charge < -0.3 is 4.90 Å². The lowest BCUT2D eigenvalue weighted by atomic mass is 9.86. The van der Waals surface area contributed by atoms with E-state index in [1.54, 1.807) is 0 Å². The summed E-state index contributed by atoms with van der Waals surface area (Å²) < 4.78 is 0. The van der Waals surface area contributed by atoms with Crippen LogP contribution in [0, 0.1) is 11.8 Å². The van der Waals surface area contributed by atoms with Crippen molar-refractivity contribution in [1.29, 1.82) is 0 Å². The molecule has 1 aromatic rings. The molecule has 0 N–H and O–H groups in total. The van der Waals surface area contributed by atoms with Crippen molar-refractivity contribution >= 4 is 5.91 Å². The molecule has 0 aliphatic carbocycles. The van der Waals surface area contributed by atoms with Crippen LogP contribution in [-0.2, 0) is 11.2 Å². The van der Waals surface area contributed by atoms with Crippen LogP contribution < -0.4 is 0 Å². The third kappa shape index (κ3) is 4.85. The predicted octanol–water partition coefficient (Wildman–Crippen LogP) is 3.72. The van der Waals surface area contributed by atoms with Gasteiger partial charge in [0.05, 0.1) is 6.54 Å². The van der Waals surface area contributed by atoms with Gasteiger partial charge in [0.2, 0.25) is 5.91 Å². The van der Waals surface area contributed by atoms with Crippen LogP contribution in [-0.4, -0.2) is 53.4 Å². The summed E-state index contributed by atoms with van der Waals surface area (Å²) in [7, 11) is 0. The molecule has 0 radical (unpaired) electrons. The van der Waals surface area contributed by atoms with E-state index in [9.17, 15) is 4.79 Å². The van der Waals surface area contributed by atoms with Crippen LogP contribution >= 0.6 is 0 Å². The number of hydrogen-bond donors (Lipinski definition) is 0. The molecule has 1 aromatic heterocycles. The molecule has 2 fully saturated rings. The number of amides is 1. The third-order valence-electron chi connectivity index (χ3n) is 6.46. The zero-order valence-corrected chi connectivity index (χ0v) is 16.8. The Kier molecular flexibility index (Phi) is 6.68. The van der Waals surface area contributed by atoms with E-state index in [1.807, 2.05) is 0 Å². The fourth-order valence-corrected chi connectivity index (χ4v) is 4.42. The highest BCUT2D eigenvalue weighted by molar-refractivity contribution is 5.78. The number of aromatic nitrogens is 1. The minimum Gasteiger partial charge on any atom is -0.342 e. The second-order valence-corrected chi connectivity index (χ2v) is 8.45. The minimum atomic E-state index is 0.333. The van der Waals surface area contributed by atoms with Crippen molar-refractivity contribution in [1.82, 2.24) is 14.8 Å². The van der Waals surface area contributed by atoms with Crippen LogP contribution in [0.5, 0.6) is 0 Å². The number of likely N-dealkylation sites (tertiary alicyclic amines) is 2. The van der Waals surface area contributed by atoms with Crippen LogP contribution in [0.3, 0.4) is 0 Å². The number of hydrogen-bond acceptors (Lipinski definition) is 3. The normalized spacial score (nSPS) is 20.7. The molecule has 0 atom stereocenters. The van der Waals surface area contributed by atoms with E-state index in [0.29, 0.717) is 18.4 Å². The second kappa shape index (κ2) is 8.98. The number of piperidine rings is 2. The summed E-state index contributed by atoms with van der Waals surface area (Å²) in [5.41, 5.74) is 2.53. The van der Waals surface area contributed by atoms with Crippen LogP contribution in [0.25, 0.3) is 0 Å². The fourth-order valence-electron chi connectivity index (χ4n) is 4.42. The highest BCUT2D eigenvalue weighted by Crippen LogP contribution is 2.28. The molecule has 1 amide bonds. The number of aryl methyl sites for hydroxylation is 1. The van der Waals surface area contributed by atoms with Gasteiger partial charge in [-0.2, -0.15) is 0 Å². The van der Waals surface area contributed by atoms with E-state index in [0.717, 1.165) is 63.0 Å². The van der Waals surface area contributed by atoms with Crippen molar-refractivity contribution < 1.29 is 4.79 Å². The van der Waals surface area contributed by atoms with Gasteiger partial charge in [0, 0.05) is 25.0 Å². The summed E-state index contributed by atoms with van der Waals surface area (Å²) in [6, 6.07) is 4.40. The van der Waals surface area contributed by atoms with Gasteiger partial charge in [-0.3, -0.25) is 14.7 Å². The zero-order valence-electron chi connectivity index (χ0n) is 16.8. The number of carbonyl (C=O) groups excluding carboxylic acids is 1. The maximum absolute atomic E-state index is 12.6. The molecule has 0 aromatic carbocycles. The highest BCUT2D eigenvalue weighted by Gasteiger charge is 2.27. The van der Waals surface area contributed by atoms with Crippen molar-refractivity contribution in [3.8, 4) is 0 Å². The van der Waals surface area contributed by atoms with Crippen LogP contribution in [0.15, 0.2) is 18.3 Å². The SMILES string of the molecule is CCc1ccc(C2CCN(CC(=O)N3CCC(C(C)C)CC3)CC2)cn1. The van der Waals surface area contributed by atoms with Gasteiger partial charge in [-0.15, -0.1) is 0 Å². The number of rotatable bonds is 5. The molecular weight excluding hydrogens is 322 g/mol.